The summed E-state index contributed by atoms with van der Waals surface area (Å²) >= 11 is 0. The average molecular weight is 378 g/mol. The Morgan fingerprint density at radius 3 is 2.86 bits per heavy atom. The predicted molar refractivity (Wildman–Crippen MR) is 105 cm³/mol. The molecule has 0 aliphatic heterocycles. The van der Waals surface area contributed by atoms with Crippen molar-refractivity contribution in [1.29, 1.82) is 5.26 Å². The fourth-order valence-electron chi connectivity index (χ4n) is 2.99. The number of nitriles is 1. The molecule has 1 N–H and O–H groups in total. The number of para-hydroxylation sites is 2. The molecule has 0 fully saturated rings. The molecule has 3 rings (SSSR count). The molecule has 1 amide bonds. The summed E-state index contributed by atoms with van der Waals surface area (Å²) in [4.78, 5) is 16.6. The number of amides is 1. The van der Waals surface area contributed by atoms with Gasteiger partial charge in [-0.1, -0.05) is 12.1 Å². The van der Waals surface area contributed by atoms with Gasteiger partial charge in [-0.15, -0.1) is 0 Å². The van der Waals surface area contributed by atoms with Gasteiger partial charge in [0.15, 0.2) is 18.1 Å². The Morgan fingerprint density at radius 2 is 2.07 bits per heavy atom. The number of hydrogen-bond acceptors (Lipinski definition) is 5. The molecule has 7 heteroatoms. The number of benzene rings is 2. The third-order valence-electron chi connectivity index (χ3n) is 4.38. The summed E-state index contributed by atoms with van der Waals surface area (Å²) in [7, 11) is 1.49. The van der Waals surface area contributed by atoms with Gasteiger partial charge in [-0.2, -0.15) is 5.26 Å². The molecule has 0 spiro atoms. The zero-order valence-electron chi connectivity index (χ0n) is 15.9. The SMILES string of the molecule is COc1cc(C#N)ccc1OCC(=O)NCCCn1c(C)nc2ccccc21. The summed E-state index contributed by atoms with van der Waals surface area (Å²) in [5.74, 6) is 1.61. The van der Waals surface area contributed by atoms with Crippen LogP contribution in [0, 0.1) is 18.3 Å². The number of carbonyl (C=O) groups excluding carboxylic acids is 1. The van der Waals surface area contributed by atoms with Gasteiger partial charge in [-0.25, -0.2) is 4.98 Å². The van der Waals surface area contributed by atoms with Crippen LogP contribution in [-0.4, -0.2) is 35.7 Å². The van der Waals surface area contributed by atoms with E-state index in [-0.39, 0.29) is 12.5 Å². The Balaban J connectivity index is 1.46. The summed E-state index contributed by atoms with van der Waals surface area (Å²) in [5, 5.41) is 11.8. The van der Waals surface area contributed by atoms with Crippen molar-refractivity contribution < 1.29 is 14.3 Å². The maximum atomic E-state index is 12.0. The second-order valence-corrected chi connectivity index (χ2v) is 6.27. The number of hydrogen-bond donors (Lipinski definition) is 1. The van der Waals surface area contributed by atoms with E-state index in [1.54, 1.807) is 18.2 Å². The Kier molecular flexibility index (Phi) is 6.12. The summed E-state index contributed by atoms with van der Waals surface area (Å²) < 4.78 is 12.8. The quantitative estimate of drug-likeness (QED) is 0.609. The maximum absolute atomic E-state index is 12.0. The lowest BCUT2D eigenvalue weighted by atomic mass is 10.2. The minimum atomic E-state index is -0.210. The third-order valence-corrected chi connectivity index (χ3v) is 4.38. The monoisotopic (exact) mass is 378 g/mol. The number of ether oxygens (including phenoxy) is 2. The molecule has 0 bridgehead atoms. The van der Waals surface area contributed by atoms with Crippen LogP contribution in [0.4, 0.5) is 0 Å². The second-order valence-electron chi connectivity index (χ2n) is 6.27. The lowest BCUT2D eigenvalue weighted by Gasteiger charge is -2.11. The number of aryl methyl sites for hydroxylation is 2. The molecule has 0 atom stereocenters. The summed E-state index contributed by atoms with van der Waals surface area (Å²) in [6.45, 7) is 3.18. The number of methoxy groups -OCH3 is 1. The van der Waals surface area contributed by atoms with E-state index in [4.69, 9.17) is 14.7 Å². The normalized spacial score (nSPS) is 10.5. The van der Waals surface area contributed by atoms with E-state index < -0.39 is 0 Å². The van der Waals surface area contributed by atoms with Crippen molar-refractivity contribution in [2.75, 3.05) is 20.3 Å². The Bertz CT molecular complexity index is 1020. The van der Waals surface area contributed by atoms with Crippen LogP contribution in [0.2, 0.25) is 0 Å². The van der Waals surface area contributed by atoms with Gasteiger partial charge in [-0.05, 0) is 37.6 Å². The fourth-order valence-corrected chi connectivity index (χ4v) is 2.99. The first-order valence-electron chi connectivity index (χ1n) is 9.02. The molecule has 7 nitrogen and oxygen atoms in total. The second kappa shape index (κ2) is 8.91. The highest BCUT2D eigenvalue weighted by Crippen LogP contribution is 2.27. The van der Waals surface area contributed by atoms with E-state index in [2.05, 4.69) is 14.9 Å². The molecule has 1 aromatic heterocycles. The Hall–Kier alpha value is -3.53. The van der Waals surface area contributed by atoms with Crippen LogP contribution in [0.3, 0.4) is 0 Å². The molecule has 0 aliphatic carbocycles. The topological polar surface area (TPSA) is 89.2 Å². The number of carbonyl (C=O) groups is 1. The number of nitrogens with one attached hydrogen (secondary N) is 1. The maximum Gasteiger partial charge on any atom is 0.257 e. The zero-order valence-corrected chi connectivity index (χ0v) is 15.9. The van der Waals surface area contributed by atoms with Crippen LogP contribution in [-0.2, 0) is 11.3 Å². The summed E-state index contributed by atoms with van der Waals surface area (Å²) in [6, 6.07) is 14.9. The molecule has 0 saturated heterocycles. The average Bonchev–Trinajstić information content (AvgIpc) is 3.04. The molecule has 144 valence electrons. The highest BCUT2D eigenvalue weighted by atomic mass is 16.5. The minimum absolute atomic E-state index is 0.116. The van der Waals surface area contributed by atoms with Crippen molar-refractivity contribution in [1.82, 2.24) is 14.9 Å². The van der Waals surface area contributed by atoms with Crippen molar-refractivity contribution in [3.05, 3.63) is 53.9 Å². The molecule has 2 aromatic carbocycles. The largest absolute Gasteiger partial charge is 0.493 e. The predicted octanol–water partition coefficient (Wildman–Crippen LogP) is 2.81. The van der Waals surface area contributed by atoms with Gasteiger partial charge in [0, 0.05) is 19.2 Å². The zero-order chi connectivity index (χ0) is 19.9. The highest BCUT2D eigenvalue weighted by Gasteiger charge is 2.09. The van der Waals surface area contributed by atoms with Gasteiger partial charge in [0.2, 0.25) is 0 Å². The molecular weight excluding hydrogens is 356 g/mol. The number of fused-ring (bicyclic) bond motifs is 1. The van der Waals surface area contributed by atoms with Crippen LogP contribution in [0.25, 0.3) is 11.0 Å². The van der Waals surface area contributed by atoms with Gasteiger partial charge in [0.1, 0.15) is 5.82 Å². The molecule has 3 aromatic rings. The molecule has 0 unspecified atom stereocenters. The van der Waals surface area contributed by atoms with Gasteiger partial charge in [0.05, 0.1) is 29.8 Å². The number of rotatable bonds is 8. The van der Waals surface area contributed by atoms with Crippen LogP contribution in [0.5, 0.6) is 11.5 Å². The van der Waals surface area contributed by atoms with E-state index >= 15 is 0 Å². The smallest absolute Gasteiger partial charge is 0.257 e. The van der Waals surface area contributed by atoms with E-state index in [9.17, 15) is 4.79 Å². The third kappa shape index (κ3) is 4.41. The lowest BCUT2D eigenvalue weighted by molar-refractivity contribution is -0.123. The highest BCUT2D eigenvalue weighted by molar-refractivity contribution is 5.77. The molecule has 1 heterocycles. The van der Waals surface area contributed by atoms with Crippen molar-refractivity contribution in [3.63, 3.8) is 0 Å². The van der Waals surface area contributed by atoms with Crippen molar-refractivity contribution in [3.8, 4) is 17.6 Å². The van der Waals surface area contributed by atoms with E-state index in [1.807, 2.05) is 37.3 Å². The first-order valence-corrected chi connectivity index (χ1v) is 9.02. The first kappa shape index (κ1) is 19.2. The van der Waals surface area contributed by atoms with Crippen molar-refractivity contribution >= 4 is 16.9 Å². The van der Waals surface area contributed by atoms with Crippen LogP contribution in [0.15, 0.2) is 42.5 Å². The molecule has 28 heavy (non-hydrogen) atoms. The summed E-state index contributed by atoms with van der Waals surface area (Å²) in [6.07, 6.45) is 0.785. The van der Waals surface area contributed by atoms with E-state index in [0.717, 1.165) is 29.8 Å². The molecule has 0 aliphatic rings. The lowest BCUT2D eigenvalue weighted by Crippen LogP contribution is -2.30. The number of aromatic nitrogens is 2. The van der Waals surface area contributed by atoms with Gasteiger partial charge < -0.3 is 19.4 Å². The molecule has 0 radical (unpaired) electrons. The molecular formula is C21H22N4O3. The molecule has 0 saturated carbocycles. The Labute approximate surface area is 163 Å². The van der Waals surface area contributed by atoms with Crippen molar-refractivity contribution in [2.45, 2.75) is 19.9 Å². The minimum Gasteiger partial charge on any atom is -0.493 e. The van der Waals surface area contributed by atoms with Crippen molar-refractivity contribution in [2.24, 2.45) is 0 Å². The van der Waals surface area contributed by atoms with Crippen LogP contribution in [0.1, 0.15) is 17.8 Å². The van der Waals surface area contributed by atoms with Crippen LogP contribution < -0.4 is 14.8 Å². The van der Waals surface area contributed by atoms with E-state index in [0.29, 0.717) is 23.6 Å². The standard InChI is InChI=1S/C21H22N4O3/c1-15-24-17-6-3-4-7-18(17)25(15)11-5-10-23-21(26)14-28-19-9-8-16(13-22)12-20(19)27-2/h3-4,6-9,12H,5,10-11,14H2,1-2H3,(H,23,26). The van der Waals surface area contributed by atoms with E-state index in [1.165, 1.54) is 7.11 Å². The fraction of sp³-hybridized carbons (Fsp3) is 0.286. The number of imidazole rings is 1. The van der Waals surface area contributed by atoms with Gasteiger partial charge >= 0.3 is 0 Å². The van der Waals surface area contributed by atoms with Gasteiger partial charge in [-0.3, -0.25) is 4.79 Å². The summed E-state index contributed by atoms with van der Waals surface area (Å²) in [5.41, 5.74) is 2.55. The van der Waals surface area contributed by atoms with Crippen LogP contribution >= 0.6 is 0 Å². The number of nitrogens with zero attached hydrogens (tertiary/aromatic N) is 3. The first-order chi connectivity index (χ1) is 13.6. The van der Waals surface area contributed by atoms with Gasteiger partial charge in [0.25, 0.3) is 5.91 Å². The Morgan fingerprint density at radius 1 is 1.25 bits per heavy atom.